The van der Waals surface area contributed by atoms with E-state index in [2.05, 4.69) is 23.2 Å². The summed E-state index contributed by atoms with van der Waals surface area (Å²) in [7, 11) is 0. The molecular weight excluding hydrogens is 192 g/mol. The molecule has 2 heterocycles. The maximum absolute atomic E-state index is 4.68. The number of imidazole rings is 1. The van der Waals surface area contributed by atoms with E-state index < -0.39 is 0 Å². The van der Waals surface area contributed by atoms with Gasteiger partial charge in [-0.15, -0.1) is 11.3 Å². The van der Waals surface area contributed by atoms with Crippen molar-refractivity contribution in [3.8, 4) is 0 Å². The number of hydrogen-bond acceptors (Lipinski definition) is 2. The second-order valence-corrected chi connectivity index (χ2v) is 5.00. The number of nitrogens with zero attached hydrogens (tertiary/aromatic N) is 2. The van der Waals surface area contributed by atoms with Crippen LogP contribution in [0, 0.1) is 6.92 Å². The minimum absolute atomic E-state index is 1.05. The third-order valence-corrected chi connectivity index (χ3v) is 4.28. The van der Waals surface area contributed by atoms with Crippen molar-refractivity contribution in [1.29, 1.82) is 0 Å². The number of hydrogen-bond donors (Lipinski definition) is 0. The topological polar surface area (TPSA) is 17.3 Å². The highest BCUT2D eigenvalue weighted by atomic mass is 32.1. The molecule has 0 radical (unpaired) electrons. The minimum Gasteiger partial charge on any atom is -0.291 e. The van der Waals surface area contributed by atoms with Crippen LogP contribution in [0.1, 0.15) is 35.3 Å². The van der Waals surface area contributed by atoms with Crippen molar-refractivity contribution in [1.82, 2.24) is 9.38 Å². The molecule has 0 spiro atoms. The molecule has 0 saturated carbocycles. The first kappa shape index (κ1) is 8.48. The zero-order chi connectivity index (χ0) is 9.71. The van der Waals surface area contributed by atoms with Gasteiger partial charge >= 0.3 is 0 Å². The van der Waals surface area contributed by atoms with Crippen LogP contribution >= 0.6 is 11.3 Å². The molecule has 74 valence electrons. The molecule has 0 unspecified atom stereocenters. The molecule has 1 aliphatic rings. The van der Waals surface area contributed by atoms with Crippen LogP contribution < -0.4 is 0 Å². The molecule has 2 nitrogen and oxygen atoms in total. The van der Waals surface area contributed by atoms with Gasteiger partial charge in [0, 0.05) is 16.3 Å². The molecular formula is C11H14N2S. The van der Waals surface area contributed by atoms with Gasteiger partial charge in [0.1, 0.15) is 0 Å². The molecule has 3 heteroatoms. The molecule has 0 fully saturated rings. The maximum Gasteiger partial charge on any atom is 0.194 e. The van der Waals surface area contributed by atoms with E-state index in [0.717, 1.165) is 6.42 Å². The summed E-state index contributed by atoms with van der Waals surface area (Å²) >= 11 is 1.89. The van der Waals surface area contributed by atoms with E-state index in [4.69, 9.17) is 0 Å². The Hall–Kier alpha value is -0.830. The summed E-state index contributed by atoms with van der Waals surface area (Å²) in [5, 5.41) is 0. The Bertz CT molecular complexity index is 488. The largest absolute Gasteiger partial charge is 0.291 e. The molecule has 0 aliphatic heterocycles. The Balaban J connectivity index is 2.34. The number of aromatic nitrogens is 2. The van der Waals surface area contributed by atoms with Crippen molar-refractivity contribution >= 4 is 16.3 Å². The lowest BCUT2D eigenvalue weighted by atomic mass is 10.3. The van der Waals surface area contributed by atoms with Crippen LogP contribution in [0.4, 0.5) is 0 Å². The van der Waals surface area contributed by atoms with E-state index in [1.807, 2.05) is 11.3 Å². The van der Waals surface area contributed by atoms with E-state index in [0.29, 0.717) is 0 Å². The fraction of sp³-hybridized carbons (Fsp3) is 0.545. The summed E-state index contributed by atoms with van der Waals surface area (Å²) in [6.07, 6.45) is 4.89. The molecule has 14 heavy (non-hydrogen) atoms. The van der Waals surface area contributed by atoms with Gasteiger partial charge in [0.15, 0.2) is 4.96 Å². The third kappa shape index (κ3) is 0.934. The smallest absolute Gasteiger partial charge is 0.194 e. The van der Waals surface area contributed by atoms with Gasteiger partial charge < -0.3 is 0 Å². The van der Waals surface area contributed by atoms with Gasteiger partial charge in [-0.25, -0.2) is 4.98 Å². The SMILES string of the molecule is CCc1nc2sc3c(n2c1C)CCC3. The van der Waals surface area contributed by atoms with E-state index >= 15 is 0 Å². The second-order valence-electron chi connectivity index (χ2n) is 3.94. The predicted octanol–water partition coefficient (Wildman–Crippen LogP) is 2.76. The summed E-state index contributed by atoms with van der Waals surface area (Å²) in [5.41, 5.74) is 4.17. The first-order valence-corrected chi connectivity index (χ1v) is 6.11. The van der Waals surface area contributed by atoms with Crippen molar-refractivity contribution in [3.63, 3.8) is 0 Å². The molecule has 0 amide bonds. The summed E-state index contributed by atoms with van der Waals surface area (Å²) in [4.78, 5) is 7.46. The van der Waals surface area contributed by atoms with Gasteiger partial charge in [-0.05, 0) is 32.6 Å². The van der Waals surface area contributed by atoms with Crippen LogP contribution in [0.5, 0.6) is 0 Å². The van der Waals surface area contributed by atoms with Crippen LogP contribution in [0.2, 0.25) is 0 Å². The Morgan fingerprint density at radius 2 is 2.29 bits per heavy atom. The lowest BCUT2D eigenvalue weighted by Gasteiger charge is -1.97. The Morgan fingerprint density at radius 3 is 3.07 bits per heavy atom. The highest BCUT2D eigenvalue weighted by Gasteiger charge is 2.20. The van der Waals surface area contributed by atoms with Crippen molar-refractivity contribution in [3.05, 3.63) is 22.0 Å². The first-order valence-electron chi connectivity index (χ1n) is 5.29. The molecule has 3 rings (SSSR count). The molecule has 2 aromatic heterocycles. The normalized spacial score (nSPS) is 15.3. The van der Waals surface area contributed by atoms with E-state index in [1.165, 1.54) is 41.3 Å². The van der Waals surface area contributed by atoms with E-state index in [9.17, 15) is 0 Å². The molecule has 1 aliphatic carbocycles. The third-order valence-electron chi connectivity index (χ3n) is 3.13. The van der Waals surface area contributed by atoms with Crippen LogP contribution in [0.15, 0.2) is 0 Å². The monoisotopic (exact) mass is 206 g/mol. The molecule has 2 aromatic rings. The van der Waals surface area contributed by atoms with Gasteiger partial charge in [0.05, 0.1) is 5.69 Å². The van der Waals surface area contributed by atoms with Crippen molar-refractivity contribution in [2.75, 3.05) is 0 Å². The first-order chi connectivity index (χ1) is 6.81. The van der Waals surface area contributed by atoms with E-state index in [-0.39, 0.29) is 0 Å². The second kappa shape index (κ2) is 2.83. The van der Waals surface area contributed by atoms with Gasteiger partial charge in [-0.3, -0.25) is 4.40 Å². The number of rotatable bonds is 1. The summed E-state index contributed by atoms with van der Waals surface area (Å²) in [6.45, 7) is 4.38. The standard InChI is InChI=1S/C11H14N2S/c1-3-8-7(2)13-9-5-4-6-10(9)14-11(13)12-8/h3-6H2,1-2H3. The van der Waals surface area contributed by atoms with Crippen LogP contribution in [-0.4, -0.2) is 9.38 Å². The quantitative estimate of drug-likeness (QED) is 0.701. The van der Waals surface area contributed by atoms with Crippen molar-refractivity contribution in [2.45, 2.75) is 39.5 Å². The van der Waals surface area contributed by atoms with Gasteiger partial charge in [0.25, 0.3) is 0 Å². The molecule has 0 bridgehead atoms. The maximum atomic E-state index is 4.68. The molecule has 0 N–H and O–H groups in total. The fourth-order valence-electron chi connectivity index (χ4n) is 2.40. The van der Waals surface area contributed by atoms with Crippen LogP contribution in [0.3, 0.4) is 0 Å². The number of aryl methyl sites for hydroxylation is 4. The lowest BCUT2D eigenvalue weighted by molar-refractivity contribution is 0.879. The van der Waals surface area contributed by atoms with Crippen LogP contribution in [0.25, 0.3) is 4.96 Å². The van der Waals surface area contributed by atoms with E-state index in [1.54, 1.807) is 4.88 Å². The number of fused-ring (bicyclic) bond motifs is 3. The lowest BCUT2D eigenvalue weighted by Crippen LogP contribution is -1.92. The Labute approximate surface area is 87.6 Å². The zero-order valence-corrected chi connectivity index (χ0v) is 9.45. The molecule has 0 aromatic carbocycles. The molecule has 0 atom stereocenters. The highest BCUT2D eigenvalue weighted by molar-refractivity contribution is 7.17. The van der Waals surface area contributed by atoms with Crippen LogP contribution in [-0.2, 0) is 19.3 Å². The Morgan fingerprint density at radius 1 is 1.43 bits per heavy atom. The van der Waals surface area contributed by atoms with Gasteiger partial charge in [0.2, 0.25) is 0 Å². The predicted molar refractivity (Wildman–Crippen MR) is 59.2 cm³/mol. The minimum atomic E-state index is 1.05. The fourth-order valence-corrected chi connectivity index (χ4v) is 3.67. The summed E-state index contributed by atoms with van der Waals surface area (Å²) in [5.74, 6) is 0. The molecule has 0 saturated heterocycles. The summed E-state index contributed by atoms with van der Waals surface area (Å²) in [6, 6.07) is 0. The van der Waals surface area contributed by atoms with Crippen molar-refractivity contribution in [2.24, 2.45) is 0 Å². The van der Waals surface area contributed by atoms with Crippen molar-refractivity contribution < 1.29 is 0 Å². The average molecular weight is 206 g/mol. The van der Waals surface area contributed by atoms with Gasteiger partial charge in [-0.1, -0.05) is 6.92 Å². The average Bonchev–Trinajstić information content (AvgIpc) is 2.76. The zero-order valence-electron chi connectivity index (χ0n) is 8.63. The highest BCUT2D eigenvalue weighted by Crippen LogP contribution is 2.32. The number of thiazole rings is 1. The summed E-state index contributed by atoms with van der Waals surface area (Å²) < 4.78 is 2.38. The Kier molecular flexibility index (Phi) is 1.71. The van der Waals surface area contributed by atoms with Gasteiger partial charge in [-0.2, -0.15) is 0 Å².